The van der Waals surface area contributed by atoms with Gasteiger partial charge in [0.05, 0.1) is 18.2 Å². The van der Waals surface area contributed by atoms with Gasteiger partial charge in [-0.2, -0.15) is 8.42 Å². The predicted molar refractivity (Wildman–Crippen MR) is 54.9 cm³/mol. The second-order valence-electron chi connectivity index (χ2n) is 3.13. The fraction of sp³-hybridized carbons (Fsp3) is 0.400. The van der Waals surface area contributed by atoms with Crippen LogP contribution in [0.1, 0.15) is 12.0 Å². The highest BCUT2D eigenvalue weighted by Gasteiger charge is 2.13. The van der Waals surface area contributed by atoms with Crippen LogP contribution in [0.25, 0.3) is 0 Å². The third-order valence-corrected chi connectivity index (χ3v) is 3.15. The van der Waals surface area contributed by atoms with E-state index >= 15 is 0 Å². The Hall–Kier alpha value is -0.940. The molecule has 1 aromatic carbocycles. The quantitative estimate of drug-likeness (QED) is 0.576. The van der Waals surface area contributed by atoms with Gasteiger partial charge in [0.25, 0.3) is 10.1 Å². The van der Waals surface area contributed by atoms with Gasteiger partial charge in [-0.15, -0.1) is 0 Å². The van der Waals surface area contributed by atoms with Gasteiger partial charge < -0.3 is 0 Å². The van der Waals surface area contributed by atoms with Gasteiger partial charge in [-0.05, 0) is 19.1 Å². The summed E-state index contributed by atoms with van der Waals surface area (Å²) >= 11 is 0. The molecule has 0 aromatic heterocycles. The maximum Gasteiger partial charge on any atom is 0.296 e. The molecule has 0 radical (unpaired) electrons. The van der Waals surface area contributed by atoms with Crippen molar-refractivity contribution in [1.82, 2.24) is 0 Å². The van der Waals surface area contributed by atoms with E-state index in [2.05, 4.69) is 4.18 Å². The Morgan fingerprint density at radius 1 is 1.27 bits per heavy atom. The van der Waals surface area contributed by atoms with Crippen molar-refractivity contribution in [1.29, 1.82) is 0 Å². The summed E-state index contributed by atoms with van der Waals surface area (Å²) in [5, 5.41) is 0. The van der Waals surface area contributed by atoms with Crippen LogP contribution in [0.4, 0.5) is 4.39 Å². The fourth-order valence-electron chi connectivity index (χ4n) is 0.996. The Balaban J connectivity index is 2.73. The first kappa shape index (κ1) is 12.1. The monoisotopic (exact) mass is 232 g/mol. The second kappa shape index (κ2) is 5.23. The third-order valence-electron chi connectivity index (χ3n) is 1.83. The van der Waals surface area contributed by atoms with Gasteiger partial charge in [0.15, 0.2) is 0 Å². The van der Waals surface area contributed by atoms with E-state index in [9.17, 15) is 12.8 Å². The minimum atomic E-state index is -3.72. The molecule has 0 fully saturated rings. The van der Waals surface area contributed by atoms with E-state index in [1.807, 2.05) is 6.92 Å². The second-order valence-corrected chi connectivity index (χ2v) is 4.75. The van der Waals surface area contributed by atoms with Gasteiger partial charge in [-0.1, -0.05) is 17.7 Å². The van der Waals surface area contributed by atoms with Crippen molar-refractivity contribution in [2.24, 2.45) is 0 Å². The molecule has 0 saturated heterocycles. The van der Waals surface area contributed by atoms with Crippen molar-refractivity contribution >= 4 is 10.1 Å². The van der Waals surface area contributed by atoms with Crippen LogP contribution < -0.4 is 0 Å². The first-order chi connectivity index (χ1) is 7.06. The van der Waals surface area contributed by atoms with Gasteiger partial charge in [0, 0.05) is 6.42 Å². The van der Waals surface area contributed by atoms with Crippen LogP contribution in [-0.4, -0.2) is 21.7 Å². The Morgan fingerprint density at radius 2 is 1.87 bits per heavy atom. The molecule has 0 heterocycles. The average molecular weight is 232 g/mol. The van der Waals surface area contributed by atoms with Crippen molar-refractivity contribution in [2.45, 2.75) is 18.2 Å². The molecular weight excluding hydrogens is 219 g/mol. The van der Waals surface area contributed by atoms with Crippen LogP contribution in [0.5, 0.6) is 0 Å². The summed E-state index contributed by atoms with van der Waals surface area (Å²) in [7, 11) is -3.72. The molecule has 0 amide bonds. The molecule has 15 heavy (non-hydrogen) atoms. The van der Waals surface area contributed by atoms with E-state index in [-0.39, 0.29) is 17.9 Å². The highest BCUT2D eigenvalue weighted by molar-refractivity contribution is 7.86. The van der Waals surface area contributed by atoms with Crippen LogP contribution in [0, 0.1) is 6.92 Å². The van der Waals surface area contributed by atoms with Crippen LogP contribution in [0.3, 0.4) is 0 Å². The molecule has 0 aliphatic carbocycles. The van der Waals surface area contributed by atoms with Crippen LogP contribution in [0.15, 0.2) is 29.2 Å². The van der Waals surface area contributed by atoms with E-state index < -0.39 is 16.8 Å². The molecular formula is C10H13FO3S. The van der Waals surface area contributed by atoms with Gasteiger partial charge in [0.1, 0.15) is 0 Å². The summed E-state index contributed by atoms with van der Waals surface area (Å²) < 4.78 is 39.3. The van der Waals surface area contributed by atoms with Crippen LogP contribution >= 0.6 is 0 Å². The number of hydrogen-bond acceptors (Lipinski definition) is 3. The van der Waals surface area contributed by atoms with E-state index in [4.69, 9.17) is 0 Å². The summed E-state index contributed by atoms with van der Waals surface area (Å²) in [6.07, 6.45) is 0.0884. The summed E-state index contributed by atoms with van der Waals surface area (Å²) in [6, 6.07) is 6.32. The maximum absolute atomic E-state index is 11.7. The molecule has 0 bridgehead atoms. The largest absolute Gasteiger partial charge is 0.296 e. The van der Waals surface area contributed by atoms with E-state index in [1.54, 1.807) is 12.1 Å². The molecule has 0 atom stereocenters. The number of aryl methyl sites for hydroxylation is 1. The smallest absolute Gasteiger partial charge is 0.266 e. The van der Waals surface area contributed by atoms with Crippen molar-refractivity contribution in [3.05, 3.63) is 29.8 Å². The number of halogens is 1. The minimum Gasteiger partial charge on any atom is -0.266 e. The molecule has 1 aromatic rings. The summed E-state index contributed by atoms with van der Waals surface area (Å²) in [5.74, 6) is 0. The van der Waals surface area contributed by atoms with Crippen molar-refractivity contribution in [2.75, 3.05) is 13.3 Å². The third kappa shape index (κ3) is 3.60. The van der Waals surface area contributed by atoms with E-state index in [0.29, 0.717) is 0 Å². The maximum atomic E-state index is 11.7. The Bertz CT molecular complexity index is 397. The molecule has 0 spiro atoms. The first-order valence-electron chi connectivity index (χ1n) is 4.58. The zero-order valence-electron chi connectivity index (χ0n) is 8.44. The van der Waals surface area contributed by atoms with E-state index in [0.717, 1.165) is 5.56 Å². The average Bonchev–Trinajstić information content (AvgIpc) is 2.18. The molecule has 5 heteroatoms. The summed E-state index contributed by atoms with van der Waals surface area (Å²) in [4.78, 5) is 0.104. The number of hydrogen-bond donors (Lipinski definition) is 0. The van der Waals surface area contributed by atoms with Gasteiger partial charge in [-0.25, -0.2) is 0 Å². The number of rotatable bonds is 5. The normalized spacial score (nSPS) is 11.6. The lowest BCUT2D eigenvalue weighted by Crippen LogP contribution is -2.07. The predicted octanol–water partition coefficient (Wildman–Crippen LogP) is 2.06. The molecule has 0 N–H and O–H groups in total. The summed E-state index contributed by atoms with van der Waals surface area (Å²) in [6.45, 7) is 1.16. The Labute approximate surface area is 89.0 Å². The molecule has 0 aliphatic heterocycles. The van der Waals surface area contributed by atoms with Crippen molar-refractivity contribution in [3.63, 3.8) is 0 Å². The highest BCUT2D eigenvalue weighted by Crippen LogP contribution is 2.13. The zero-order chi connectivity index (χ0) is 11.3. The lowest BCUT2D eigenvalue weighted by Gasteiger charge is -2.04. The minimum absolute atomic E-state index is 0.0884. The van der Waals surface area contributed by atoms with Gasteiger partial charge in [0.2, 0.25) is 0 Å². The standard InChI is InChI=1S/C10H13FO3S/c1-9-3-5-10(6-4-9)15(12,13)14-8-2-7-11/h3-6H,2,7-8H2,1H3. The summed E-state index contributed by atoms with van der Waals surface area (Å²) in [5.41, 5.74) is 0.970. The Kier molecular flexibility index (Phi) is 4.23. The van der Waals surface area contributed by atoms with Crippen molar-refractivity contribution < 1.29 is 17.0 Å². The van der Waals surface area contributed by atoms with Gasteiger partial charge in [-0.3, -0.25) is 8.57 Å². The Morgan fingerprint density at radius 3 is 2.40 bits per heavy atom. The lowest BCUT2D eigenvalue weighted by molar-refractivity contribution is 0.292. The molecule has 3 nitrogen and oxygen atoms in total. The molecule has 0 saturated carbocycles. The number of benzene rings is 1. The number of alkyl halides is 1. The molecule has 84 valence electrons. The molecule has 0 aliphatic rings. The molecule has 0 unspecified atom stereocenters. The van der Waals surface area contributed by atoms with Crippen molar-refractivity contribution in [3.8, 4) is 0 Å². The lowest BCUT2D eigenvalue weighted by atomic mass is 10.2. The zero-order valence-corrected chi connectivity index (χ0v) is 9.26. The molecule has 1 rings (SSSR count). The SMILES string of the molecule is Cc1ccc(S(=O)(=O)OCCCF)cc1. The van der Waals surface area contributed by atoms with E-state index in [1.165, 1.54) is 12.1 Å². The topological polar surface area (TPSA) is 43.4 Å². The highest BCUT2D eigenvalue weighted by atomic mass is 32.2. The fourth-order valence-corrected chi connectivity index (χ4v) is 1.94. The van der Waals surface area contributed by atoms with Crippen LogP contribution in [0.2, 0.25) is 0 Å². The van der Waals surface area contributed by atoms with Gasteiger partial charge >= 0.3 is 0 Å². The van der Waals surface area contributed by atoms with Crippen LogP contribution in [-0.2, 0) is 14.3 Å². The first-order valence-corrected chi connectivity index (χ1v) is 5.99.